The number of aryl methyl sites for hydroxylation is 1. The second kappa shape index (κ2) is 9.69. The summed E-state index contributed by atoms with van der Waals surface area (Å²) in [5.74, 6) is -0.379. The molecule has 0 atom stereocenters. The molecule has 3 aromatic rings. The molecule has 3 rings (SSSR count). The highest BCUT2D eigenvalue weighted by molar-refractivity contribution is 6.06. The second-order valence-corrected chi connectivity index (χ2v) is 7.11. The van der Waals surface area contributed by atoms with Gasteiger partial charge in [0.2, 0.25) is 5.91 Å². The number of H-pyrrole nitrogens is 1. The Morgan fingerprint density at radius 2 is 1.83 bits per heavy atom. The van der Waals surface area contributed by atoms with E-state index in [0.29, 0.717) is 12.1 Å². The summed E-state index contributed by atoms with van der Waals surface area (Å²) in [6.07, 6.45) is 8.94. The molecule has 1 heterocycles. The van der Waals surface area contributed by atoms with E-state index in [1.165, 1.54) is 6.08 Å². The first-order valence-electron chi connectivity index (χ1n) is 9.93. The molecule has 2 aromatic carbocycles. The van der Waals surface area contributed by atoms with E-state index in [9.17, 15) is 9.59 Å². The number of carbonyl (C=O) groups is 2. The maximum atomic E-state index is 12.7. The van der Waals surface area contributed by atoms with Crippen molar-refractivity contribution < 1.29 is 9.59 Å². The number of amides is 1. The first kappa shape index (κ1) is 20.3. The van der Waals surface area contributed by atoms with Gasteiger partial charge in [0.1, 0.15) is 0 Å². The fraction of sp³-hybridized carbons (Fsp3) is 0.200. The third-order valence-corrected chi connectivity index (χ3v) is 4.74. The lowest BCUT2D eigenvalue weighted by molar-refractivity contribution is -0.120. The number of Topliss-reactive ketones (excluding diaryl/α,β-unsaturated/α-hetero) is 1. The molecule has 1 amide bonds. The Morgan fingerprint density at radius 3 is 2.59 bits per heavy atom. The van der Waals surface area contributed by atoms with Crippen molar-refractivity contribution in [3.63, 3.8) is 0 Å². The summed E-state index contributed by atoms with van der Waals surface area (Å²) in [5, 5.41) is 3.79. The van der Waals surface area contributed by atoms with Crippen molar-refractivity contribution >= 4 is 34.7 Å². The predicted octanol–water partition coefficient (Wildman–Crippen LogP) is 5.41. The Labute approximate surface area is 171 Å². The van der Waals surface area contributed by atoms with Crippen molar-refractivity contribution in [2.45, 2.75) is 33.1 Å². The zero-order valence-electron chi connectivity index (χ0n) is 16.9. The van der Waals surface area contributed by atoms with E-state index < -0.39 is 0 Å². The van der Waals surface area contributed by atoms with Gasteiger partial charge in [-0.25, -0.2) is 0 Å². The Hall–Kier alpha value is -3.40. The lowest BCUT2D eigenvalue weighted by Gasteiger charge is -2.07. The van der Waals surface area contributed by atoms with Crippen LogP contribution in [0.3, 0.4) is 0 Å². The number of rotatable bonds is 8. The summed E-state index contributed by atoms with van der Waals surface area (Å²) < 4.78 is 0. The number of hydrogen-bond acceptors (Lipinski definition) is 2. The normalized spacial score (nSPS) is 11.9. The summed E-state index contributed by atoms with van der Waals surface area (Å²) >= 11 is 0. The van der Waals surface area contributed by atoms with E-state index in [4.69, 9.17) is 0 Å². The van der Waals surface area contributed by atoms with Crippen LogP contribution >= 0.6 is 0 Å². The van der Waals surface area contributed by atoms with Crippen molar-refractivity contribution in [1.82, 2.24) is 10.3 Å². The van der Waals surface area contributed by atoms with Gasteiger partial charge in [0.15, 0.2) is 5.78 Å². The number of unbranched alkanes of at least 4 members (excludes halogenated alkanes) is 1. The molecule has 0 aliphatic rings. The minimum absolute atomic E-state index is 0.0609. The number of aromatic nitrogens is 1. The quantitative estimate of drug-likeness (QED) is 0.509. The second-order valence-electron chi connectivity index (χ2n) is 7.11. The molecule has 2 N–H and O–H groups in total. The van der Waals surface area contributed by atoms with E-state index in [0.717, 1.165) is 40.4 Å². The number of nitrogens with one attached hydrogen (secondary N) is 2. The third-order valence-electron chi connectivity index (χ3n) is 4.74. The molecule has 1 aromatic heterocycles. The Bertz CT molecular complexity index is 1060. The van der Waals surface area contributed by atoms with Crippen molar-refractivity contribution in [2.24, 2.45) is 0 Å². The van der Waals surface area contributed by atoms with Gasteiger partial charge < -0.3 is 10.3 Å². The molecule has 148 valence electrons. The van der Waals surface area contributed by atoms with Crippen LogP contribution in [-0.2, 0) is 9.59 Å². The van der Waals surface area contributed by atoms with E-state index in [2.05, 4.69) is 10.3 Å². The van der Waals surface area contributed by atoms with E-state index in [1.54, 1.807) is 12.2 Å². The van der Waals surface area contributed by atoms with Gasteiger partial charge in [-0.05, 0) is 37.1 Å². The van der Waals surface area contributed by atoms with E-state index in [1.807, 2.05) is 68.6 Å². The van der Waals surface area contributed by atoms with Crippen LogP contribution in [0.5, 0.6) is 0 Å². The number of aromatic amines is 1. The van der Waals surface area contributed by atoms with Crippen LogP contribution in [0.25, 0.3) is 23.1 Å². The highest BCUT2D eigenvalue weighted by atomic mass is 16.2. The Kier molecular flexibility index (Phi) is 6.80. The first-order valence-corrected chi connectivity index (χ1v) is 9.93. The number of allylic oxidation sites excluding steroid dienone is 1. The van der Waals surface area contributed by atoms with E-state index >= 15 is 0 Å². The van der Waals surface area contributed by atoms with Crippen LogP contribution in [0.15, 0.2) is 66.5 Å². The molecule has 0 saturated carbocycles. The van der Waals surface area contributed by atoms with Crippen LogP contribution in [0.4, 0.5) is 0 Å². The van der Waals surface area contributed by atoms with Gasteiger partial charge in [-0.15, -0.1) is 0 Å². The molecule has 0 bridgehead atoms. The Morgan fingerprint density at radius 1 is 1.07 bits per heavy atom. The molecule has 0 unspecified atom stereocenters. The highest BCUT2D eigenvalue weighted by Crippen LogP contribution is 2.20. The summed E-state index contributed by atoms with van der Waals surface area (Å²) in [6.45, 7) is 4.06. The molecule has 29 heavy (non-hydrogen) atoms. The molecule has 0 saturated heterocycles. The molecular weight excluding hydrogens is 360 g/mol. The number of ketones is 1. The molecule has 4 heteroatoms. The maximum Gasteiger partial charge on any atom is 0.248 e. The average molecular weight is 386 g/mol. The number of benzene rings is 2. The molecule has 0 spiro atoms. The fourth-order valence-electron chi connectivity index (χ4n) is 3.05. The lowest BCUT2D eigenvalue weighted by atomic mass is 10.1. The third kappa shape index (κ3) is 5.55. The molecule has 4 nitrogen and oxygen atoms in total. The number of hydrogen-bond donors (Lipinski definition) is 2. The van der Waals surface area contributed by atoms with E-state index in [-0.39, 0.29) is 11.7 Å². The van der Waals surface area contributed by atoms with Crippen LogP contribution in [0.1, 0.15) is 42.9 Å². The highest BCUT2D eigenvalue weighted by Gasteiger charge is 2.13. The zero-order valence-corrected chi connectivity index (χ0v) is 16.9. The molecule has 0 fully saturated rings. The van der Waals surface area contributed by atoms with Gasteiger partial charge in [0.05, 0.1) is 5.70 Å². The van der Waals surface area contributed by atoms with Gasteiger partial charge in [0.25, 0.3) is 0 Å². The standard InChI is InChI=1S/C25H26N2O2/c1-3-4-9-24(28)23(16-20-17-26-22-8-6-5-7-21(20)22)27-25(29)15-14-19-12-10-18(2)11-13-19/h5-8,10-17,26H,3-4,9H2,1-2H3,(H,27,29)/b15-14+,23-16-. The first-order chi connectivity index (χ1) is 14.1. The number of para-hydroxylation sites is 1. The SMILES string of the molecule is CCCCC(=O)/C(=C/c1c[nH]c2ccccc12)NC(=O)/C=C/c1ccc(C)cc1. The van der Waals surface area contributed by atoms with Crippen molar-refractivity contribution in [3.05, 3.63) is 83.2 Å². The smallest absolute Gasteiger partial charge is 0.248 e. The van der Waals surface area contributed by atoms with Gasteiger partial charge in [-0.1, -0.05) is 61.4 Å². The number of carbonyl (C=O) groups excluding carboxylic acids is 2. The van der Waals surface area contributed by atoms with Crippen molar-refractivity contribution in [1.29, 1.82) is 0 Å². The van der Waals surface area contributed by atoms with Crippen LogP contribution in [0.2, 0.25) is 0 Å². The summed E-state index contributed by atoms with van der Waals surface area (Å²) in [7, 11) is 0. The minimum Gasteiger partial charge on any atom is -0.361 e. The molecule has 0 aliphatic heterocycles. The lowest BCUT2D eigenvalue weighted by Crippen LogP contribution is -2.25. The van der Waals surface area contributed by atoms with Crippen LogP contribution in [0, 0.1) is 6.92 Å². The van der Waals surface area contributed by atoms with Crippen LogP contribution < -0.4 is 5.32 Å². The minimum atomic E-state index is -0.318. The summed E-state index contributed by atoms with van der Waals surface area (Å²) in [5.41, 5.74) is 4.29. The average Bonchev–Trinajstić information content (AvgIpc) is 3.14. The maximum absolute atomic E-state index is 12.7. The topological polar surface area (TPSA) is 62.0 Å². The van der Waals surface area contributed by atoms with Crippen molar-refractivity contribution in [2.75, 3.05) is 0 Å². The summed E-state index contributed by atoms with van der Waals surface area (Å²) in [4.78, 5) is 28.4. The van der Waals surface area contributed by atoms with Gasteiger partial charge in [-0.3, -0.25) is 9.59 Å². The molecule has 0 radical (unpaired) electrons. The molecular formula is C25H26N2O2. The fourth-order valence-corrected chi connectivity index (χ4v) is 3.05. The zero-order chi connectivity index (χ0) is 20.6. The Balaban J connectivity index is 1.82. The van der Waals surface area contributed by atoms with Gasteiger partial charge >= 0.3 is 0 Å². The number of fused-ring (bicyclic) bond motifs is 1. The van der Waals surface area contributed by atoms with Crippen LogP contribution in [-0.4, -0.2) is 16.7 Å². The van der Waals surface area contributed by atoms with Gasteiger partial charge in [0, 0.05) is 35.2 Å². The monoisotopic (exact) mass is 386 g/mol. The molecule has 0 aliphatic carbocycles. The van der Waals surface area contributed by atoms with Crippen molar-refractivity contribution in [3.8, 4) is 0 Å². The summed E-state index contributed by atoms with van der Waals surface area (Å²) in [6, 6.07) is 15.8. The largest absolute Gasteiger partial charge is 0.361 e. The predicted molar refractivity (Wildman–Crippen MR) is 119 cm³/mol. The van der Waals surface area contributed by atoms with Gasteiger partial charge in [-0.2, -0.15) is 0 Å².